The third-order valence-electron chi connectivity index (χ3n) is 7.82. The topological polar surface area (TPSA) is 132 Å². The zero-order valence-corrected chi connectivity index (χ0v) is 28.0. The van der Waals surface area contributed by atoms with Crippen molar-refractivity contribution in [3.63, 3.8) is 0 Å². The minimum absolute atomic E-state index is 0.00743. The molecule has 13 heteroatoms. The maximum Gasteiger partial charge on any atom is 0.411 e. The van der Waals surface area contributed by atoms with Gasteiger partial charge in [-0.25, -0.2) is 13.2 Å². The average Bonchev–Trinajstić information content (AvgIpc) is 3.56. The number of hydrogen-bond donors (Lipinski definition) is 2. The summed E-state index contributed by atoms with van der Waals surface area (Å²) >= 11 is 6.05. The first kappa shape index (κ1) is 33.1. The van der Waals surface area contributed by atoms with Crippen molar-refractivity contribution in [1.29, 1.82) is 0 Å². The van der Waals surface area contributed by atoms with Crippen LogP contribution in [0.15, 0.2) is 71.6 Å². The van der Waals surface area contributed by atoms with Crippen LogP contribution in [0.4, 0.5) is 10.6 Å². The molecule has 3 aromatic carbocycles. The largest absolute Gasteiger partial charge is 0.496 e. The first-order chi connectivity index (χ1) is 21.7. The molecule has 0 aliphatic carbocycles. The Balaban J connectivity index is 1.35. The number of sulfonamides is 1. The Morgan fingerprint density at radius 2 is 1.76 bits per heavy atom. The molecule has 2 N–H and O–H groups in total. The molecular weight excluding hydrogens is 630 g/mol. The van der Waals surface area contributed by atoms with Crippen molar-refractivity contribution in [3.8, 4) is 5.75 Å². The standard InChI is InChI=1S/C33H38ClN5O6S/c1-32(2,3)45-31(41)38-17-9-16-33(38,4)30(40)35-20-22-10-6-11-23(18-22)21-39-26-14-8-15-27(44-5)28(26)29(36-39)37-46(42,43)25-13-7-12-24(34)19-25/h6-8,10-15,18-19H,9,16-17,20-21H2,1-5H3,(H,35,40)(H,36,37). The lowest BCUT2D eigenvalue weighted by Gasteiger charge is -2.35. The van der Waals surface area contributed by atoms with Crippen LogP contribution in [-0.2, 0) is 32.6 Å². The summed E-state index contributed by atoms with van der Waals surface area (Å²) in [6.45, 7) is 8.19. The molecule has 11 nitrogen and oxygen atoms in total. The highest BCUT2D eigenvalue weighted by molar-refractivity contribution is 7.92. The van der Waals surface area contributed by atoms with Crippen LogP contribution in [-0.4, -0.2) is 59.9 Å². The molecule has 0 saturated carbocycles. The lowest BCUT2D eigenvalue weighted by Crippen LogP contribution is -2.56. The van der Waals surface area contributed by atoms with Gasteiger partial charge in [-0.2, -0.15) is 5.10 Å². The molecule has 0 radical (unpaired) electrons. The number of amides is 2. The predicted octanol–water partition coefficient (Wildman–Crippen LogP) is 5.95. The Morgan fingerprint density at radius 1 is 1.04 bits per heavy atom. The van der Waals surface area contributed by atoms with E-state index in [1.54, 1.807) is 50.6 Å². The summed E-state index contributed by atoms with van der Waals surface area (Å²) in [5.41, 5.74) is 0.724. The van der Waals surface area contributed by atoms with Crippen molar-refractivity contribution < 1.29 is 27.5 Å². The van der Waals surface area contributed by atoms with E-state index in [4.69, 9.17) is 21.1 Å². The number of aromatic nitrogens is 2. The average molecular weight is 668 g/mol. The van der Waals surface area contributed by atoms with E-state index in [9.17, 15) is 18.0 Å². The molecule has 1 aromatic heterocycles. The smallest absolute Gasteiger partial charge is 0.411 e. The minimum Gasteiger partial charge on any atom is -0.496 e. The molecule has 1 aliphatic rings. The van der Waals surface area contributed by atoms with Crippen molar-refractivity contribution >= 4 is 50.3 Å². The molecule has 4 aromatic rings. The summed E-state index contributed by atoms with van der Waals surface area (Å²) in [7, 11) is -2.49. The van der Waals surface area contributed by atoms with E-state index in [0.717, 1.165) is 11.1 Å². The number of nitrogens with zero attached hydrogens (tertiary/aromatic N) is 3. The number of carbonyl (C=O) groups excluding carboxylic acids is 2. The van der Waals surface area contributed by atoms with Gasteiger partial charge in [0.2, 0.25) is 5.91 Å². The van der Waals surface area contributed by atoms with Gasteiger partial charge in [0.15, 0.2) is 5.82 Å². The molecule has 1 saturated heterocycles. The van der Waals surface area contributed by atoms with Crippen LogP contribution >= 0.6 is 11.6 Å². The number of benzene rings is 3. The summed E-state index contributed by atoms with van der Waals surface area (Å²) in [5, 5.41) is 8.45. The summed E-state index contributed by atoms with van der Waals surface area (Å²) in [6, 6.07) is 19.0. The number of ether oxygens (including phenoxy) is 2. The molecule has 244 valence electrons. The highest BCUT2D eigenvalue weighted by Crippen LogP contribution is 2.34. The van der Waals surface area contributed by atoms with Crippen LogP contribution in [0.1, 0.15) is 51.7 Å². The molecule has 5 rings (SSSR count). The minimum atomic E-state index is -4.00. The van der Waals surface area contributed by atoms with Gasteiger partial charge in [0.05, 0.1) is 29.5 Å². The van der Waals surface area contributed by atoms with Gasteiger partial charge < -0.3 is 14.8 Å². The van der Waals surface area contributed by atoms with Crippen LogP contribution in [0, 0.1) is 0 Å². The van der Waals surface area contributed by atoms with Crippen molar-refractivity contribution in [2.75, 3.05) is 18.4 Å². The van der Waals surface area contributed by atoms with Gasteiger partial charge >= 0.3 is 6.09 Å². The molecule has 1 aliphatic heterocycles. The number of likely N-dealkylation sites (tertiary alicyclic amines) is 1. The Labute approximate surface area is 273 Å². The second-order valence-corrected chi connectivity index (χ2v) is 14.6. The molecule has 2 amide bonds. The maximum atomic E-state index is 13.4. The summed E-state index contributed by atoms with van der Waals surface area (Å²) in [5.74, 6) is 0.336. The summed E-state index contributed by atoms with van der Waals surface area (Å²) in [4.78, 5) is 27.7. The SMILES string of the molecule is COc1cccc2c1c(NS(=O)(=O)c1cccc(Cl)c1)nn2Cc1cccc(CNC(=O)C2(C)CCCN2C(=O)OC(C)(C)C)c1. The zero-order valence-electron chi connectivity index (χ0n) is 26.5. The van der Waals surface area contributed by atoms with Crippen LogP contribution in [0.3, 0.4) is 0 Å². The third-order valence-corrected chi connectivity index (χ3v) is 9.39. The van der Waals surface area contributed by atoms with Gasteiger partial charge in [-0.3, -0.25) is 19.1 Å². The molecule has 2 heterocycles. The Bertz CT molecular complexity index is 1890. The van der Waals surface area contributed by atoms with Crippen molar-refractivity contribution in [1.82, 2.24) is 20.0 Å². The fraction of sp³-hybridized carbons (Fsp3) is 0.364. The first-order valence-electron chi connectivity index (χ1n) is 14.9. The number of methoxy groups -OCH3 is 1. The van der Waals surface area contributed by atoms with E-state index in [-0.39, 0.29) is 23.2 Å². The number of rotatable bonds is 9. The lowest BCUT2D eigenvalue weighted by molar-refractivity contribution is -0.131. The Morgan fingerprint density at radius 3 is 2.48 bits per heavy atom. The molecule has 0 bridgehead atoms. The van der Waals surface area contributed by atoms with Gasteiger partial charge in [-0.15, -0.1) is 0 Å². The Kier molecular flexibility index (Phi) is 9.23. The lowest BCUT2D eigenvalue weighted by atomic mass is 9.97. The number of anilines is 1. The van der Waals surface area contributed by atoms with Gasteiger partial charge in [0.1, 0.15) is 16.9 Å². The van der Waals surface area contributed by atoms with Crippen molar-refractivity contribution in [2.24, 2.45) is 0 Å². The quantitative estimate of drug-likeness (QED) is 0.225. The highest BCUT2D eigenvalue weighted by atomic mass is 35.5. The third kappa shape index (κ3) is 7.07. The molecule has 1 unspecified atom stereocenters. The fourth-order valence-electron chi connectivity index (χ4n) is 5.57. The van der Waals surface area contributed by atoms with E-state index < -0.39 is 27.3 Å². The number of fused-ring (bicyclic) bond motifs is 1. The zero-order chi connectivity index (χ0) is 33.3. The number of nitrogens with one attached hydrogen (secondary N) is 2. The first-order valence-corrected chi connectivity index (χ1v) is 16.7. The van der Waals surface area contributed by atoms with Crippen LogP contribution < -0.4 is 14.8 Å². The Hall–Kier alpha value is -4.29. The maximum absolute atomic E-state index is 13.4. The summed E-state index contributed by atoms with van der Waals surface area (Å²) in [6.07, 6.45) is 0.748. The van der Waals surface area contributed by atoms with Crippen molar-refractivity contribution in [2.45, 2.75) is 69.7 Å². The predicted molar refractivity (Wildman–Crippen MR) is 177 cm³/mol. The molecule has 0 spiro atoms. The molecule has 1 fully saturated rings. The number of hydrogen-bond acceptors (Lipinski definition) is 7. The van der Waals surface area contributed by atoms with Crippen molar-refractivity contribution in [3.05, 3.63) is 82.9 Å². The second kappa shape index (κ2) is 12.8. The van der Waals surface area contributed by atoms with Gasteiger partial charge in [0, 0.05) is 18.1 Å². The normalized spacial score (nSPS) is 16.8. The van der Waals surface area contributed by atoms with Crippen LogP contribution in [0.2, 0.25) is 5.02 Å². The molecule has 1 atom stereocenters. The van der Waals surface area contributed by atoms with E-state index in [2.05, 4.69) is 15.1 Å². The molecule has 46 heavy (non-hydrogen) atoms. The fourth-order valence-corrected chi connectivity index (χ4v) is 6.88. The van der Waals surface area contributed by atoms with Gasteiger partial charge in [-0.05, 0) is 82.0 Å². The van der Waals surface area contributed by atoms with Gasteiger partial charge in [-0.1, -0.05) is 48.0 Å². The van der Waals surface area contributed by atoms with Crippen LogP contribution in [0.25, 0.3) is 10.9 Å². The van der Waals surface area contributed by atoms with E-state index in [1.165, 1.54) is 24.1 Å². The van der Waals surface area contributed by atoms with Gasteiger partial charge in [0.25, 0.3) is 10.0 Å². The molecular formula is C33H38ClN5O6S. The second-order valence-electron chi connectivity index (χ2n) is 12.4. The van der Waals surface area contributed by atoms with E-state index >= 15 is 0 Å². The van der Waals surface area contributed by atoms with E-state index in [1.807, 2.05) is 36.4 Å². The summed E-state index contributed by atoms with van der Waals surface area (Å²) < 4.78 is 41.9. The number of carbonyl (C=O) groups is 2. The van der Waals surface area contributed by atoms with Crippen LogP contribution in [0.5, 0.6) is 5.75 Å². The number of halogens is 1. The monoisotopic (exact) mass is 667 g/mol. The highest BCUT2D eigenvalue weighted by Gasteiger charge is 2.47. The van der Waals surface area contributed by atoms with E-state index in [0.29, 0.717) is 47.6 Å².